The van der Waals surface area contributed by atoms with E-state index in [0.717, 1.165) is 16.6 Å². The maximum Gasteiger partial charge on any atom is 0.195 e. The standard InChI is InChI=1S/C8H10N4S/c1-6-5-13-8(11-6)12-3-2-10-7(12)4-9/h2-3,5H,4,9H2,1H3. The summed E-state index contributed by atoms with van der Waals surface area (Å²) in [5, 5.41) is 2.94. The van der Waals surface area contributed by atoms with Crippen molar-refractivity contribution in [3.8, 4) is 5.13 Å². The lowest BCUT2D eigenvalue weighted by Crippen LogP contribution is -2.05. The molecular weight excluding hydrogens is 184 g/mol. The van der Waals surface area contributed by atoms with Crippen LogP contribution >= 0.6 is 11.3 Å². The van der Waals surface area contributed by atoms with Gasteiger partial charge in [-0.3, -0.25) is 4.57 Å². The minimum Gasteiger partial charge on any atom is -0.324 e. The molecule has 0 aliphatic heterocycles. The summed E-state index contributed by atoms with van der Waals surface area (Å²) in [5.41, 5.74) is 6.56. The highest BCUT2D eigenvalue weighted by atomic mass is 32.1. The van der Waals surface area contributed by atoms with E-state index in [4.69, 9.17) is 5.73 Å². The van der Waals surface area contributed by atoms with Crippen LogP contribution < -0.4 is 5.73 Å². The second kappa shape index (κ2) is 3.27. The Hall–Kier alpha value is -1.20. The molecule has 5 heteroatoms. The van der Waals surface area contributed by atoms with Crippen molar-refractivity contribution in [3.05, 3.63) is 29.3 Å². The molecule has 0 aliphatic carbocycles. The molecule has 0 amide bonds. The van der Waals surface area contributed by atoms with Crippen molar-refractivity contribution in [2.75, 3.05) is 0 Å². The maximum atomic E-state index is 5.53. The van der Waals surface area contributed by atoms with Gasteiger partial charge in [-0.1, -0.05) is 0 Å². The fourth-order valence-electron chi connectivity index (χ4n) is 1.11. The van der Waals surface area contributed by atoms with E-state index in [1.165, 1.54) is 0 Å². The van der Waals surface area contributed by atoms with Crippen LogP contribution in [0.15, 0.2) is 17.8 Å². The smallest absolute Gasteiger partial charge is 0.195 e. The Balaban J connectivity index is 2.45. The van der Waals surface area contributed by atoms with Crippen molar-refractivity contribution in [2.45, 2.75) is 13.5 Å². The second-order valence-electron chi connectivity index (χ2n) is 2.69. The molecule has 0 bridgehead atoms. The van der Waals surface area contributed by atoms with Crippen LogP contribution in [-0.2, 0) is 6.54 Å². The van der Waals surface area contributed by atoms with E-state index in [0.29, 0.717) is 6.54 Å². The quantitative estimate of drug-likeness (QED) is 0.778. The maximum absolute atomic E-state index is 5.53. The van der Waals surface area contributed by atoms with Crippen molar-refractivity contribution in [1.29, 1.82) is 0 Å². The van der Waals surface area contributed by atoms with Gasteiger partial charge in [-0.05, 0) is 6.92 Å². The zero-order valence-electron chi connectivity index (χ0n) is 7.27. The predicted octanol–water partition coefficient (Wildman–Crippen LogP) is 1.10. The lowest BCUT2D eigenvalue weighted by atomic mass is 10.6. The van der Waals surface area contributed by atoms with Gasteiger partial charge in [-0.15, -0.1) is 11.3 Å². The van der Waals surface area contributed by atoms with Gasteiger partial charge < -0.3 is 5.73 Å². The van der Waals surface area contributed by atoms with Crippen molar-refractivity contribution in [3.63, 3.8) is 0 Å². The van der Waals surface area contributed by atoms with Gasteiger partial charge >= 0.3 is 0 Å². The van der Waals surface area contributed by atoms with Crippen LogP contribution in [0.1, 0.15) is 11.5 Å². The van der Waals surface area contributed by atoms with E-state index in [2.05, 4.69) is 9.97 Å². The van der Waals surface area contributed by atoms with Gasteiger partial charge in [-0.25, -0.2) is 9.97 Å². The van der Waals surface area contributed by atoms with Crippen LogP contribution in [-0.4, -0.2) is 14.5 Å². The molecule has 4 nitrogen and oxygen atoms in total. The number of nitrogens with two attached hydrogens (primary N) is 1. The first-order chi connectivity index (χ1) is 6.31. The lowest BCUT2D eigenvalue weighted by Gasteiger charge is -1.99. The topological polar surface area (TPSA) is 56.7 Å². The van der Waals surface area contributed by atoms with E-state index >= 15 is 0 Å². The molecule has 0 fully saturated rings. The van der Waals surface area contributed by atoms with Crippen LogP contribution in [0, 0.1) is 6.92 Å². The average Bonchev–Trinajstić information content (AvgIpc) is 2.71. The summed E-state index contributed by atoms with van der Waals surface area (Å²) < 4.78 is 1.91. The number of nitrogens with zero attached hydrogens (tertiary/aromatic N) is 3. The van der Waals surface area contributed by atoms with Crippen LogP contribution in [0.2, 0.25) is 0 Å². The Labute approximate surface area is 80.1 Å². The molecule has 0 atom stereocenters. The first-order valence-electron chi connectivity index (χ1n) is 3.96. The molecule has 0 saturated carbocycles. The summed E-state index contributed by atoms with van der Waals surface area (Å²) in [6.07, 6.45) is 3.61. The van der Waals surface area contributed by atoms with E-state index < -0.39 is 0 Å². The van der Waals surface area contributed by atoms with Crippen LogP contribution in [0.5, 0.6) is 0 Å². The molecule has 0 aromatic carbocycles. The Morgan fingerprint density at radius 3 is 3.08 bits per heavy atom. The third kappa shape index (κ3) is 1.48. The fourth-order valence-corrected chi connectivity index (χ4v) is 1.92. The predicted molar refractivity (Wildman–Crippen MR) is 51.9 cm³/mol. The third-order valence-corrected chi connectivity index (χ3v) is 2.67. The summed E-state index contributed by atoms with van der Waals surface area (Å²) in [6, 6.07) is 0. The van der Waals surface area contributed by atoms with Crippen LogP contribution in [0.4, 0.5) is 0 Å². The molecule has 0 spiro atoms. The summed E-state index contributed by atoms with van der Waals surface area (Å²) in [6.45, 7) is 2.41. The molecule has 68 valence electrons. The molecule has 2 N–H and O–H groups in total. The number of aryl methyl sites for hydroxylation is 1. The van der Waals surface area contributed by atoms with E-state index in [1.54, 1.807) is 17.5 Å². The van der Waals surface area contributed by atoms with Crippen molar-refractivity contribution >= 4 is 11.3 Å². The third-order valence-electron chi connectivity index (χ3n) is 1.71. The molecule has 13 heavy (non-hydrogen) atoms. The molecule has 2 aromatic heterocycles. The van der Waals surface area contributed by atoms with Gasteiger partial charge in [0.1, 0.15) is 5.82 Å². The highest BCUT2D eigenvalue weighted by Gasteiger charge is 2.05. The number of hydrogen-bond acceptors (Lipinski definition) is 4. The van der Waals surface area contributed by atoms with Gasteiger partial charge in [0, 0.05) is 17.8 Å². The number of imidazole rings is 1. The fraction of sp³-hybridized carbons (Fsp3) is 0.250. The Morgan fingerprint density at radius 1 is 1.62 bits per heavy atom. The Kier molecular flexibility index (Phi) is 2.12. The van der Waals surface area contributed by atoms with E-state index in [-0.39, 0.29) is 0 Å². The van der Waals surface area contributed by atoms with E-state index in [9.17, 15) is 0 Å². The number of thiazole rings is 1. The molecule has 2 aromatic rings. The first-order valence-corrected chi connectivity index (χ1v) is 4.84. The minimum absolute atomic E-state index is 0.436. The SMILES string of the molecule is Cc1csc(-n2ccnc2CN)n1. The molecule has 2 rings (SSSR count). The Bertz CT molecular complexity index is 404. The molecule has 0 aliphatic rings. The van der Waals surface area contributed by atoms with Crippen LogP contribution in [0.3, 0.4) is 0 Å². The van der Waals surface area contributed by atoms with Gasteiger partial charge in [0.2, 0.25) is 0 Å². The highest BCUT2D eigenvalue weighted by Crippen LogP contribution is 2.15. The molecule has 0 radical (unpaired) electrons. The number of hydrogen-bond donors (Lipinski definition) is 1. The monoisotopic (exact) mass is 194 g/mol. The summed E-state index contributed by atoms with van der Waals surface area (Å²) >= 11 is 1.59. The normalized spacial score (nSPS) is 10.6. The molecule has 2 heterocycles. The lowest BCUT2D eigenvalue weighted by molar-refractivity contribution is 0.859. The summed E-state index contributed by atoms with van der Waals surface area (Å²) in [4.78, 5) is 8.47. The van der Waals surface area contributed by atoms with Gasteiger partial charge in [0.25, 0.3) is 0 Å². The first kappa shape index (κ1) is 8.40. The number of rotatable bonds is 2. The van der Waals surface area contributed by atoms with Crippen LogP contribution in [0.25, 0.3) is 5.13 Å². The summed E-state index contributed by atoms with van der Waals surface area (Å²) in [7, 11) is 0. The van der Waals surface area contributed by atoms with Crippen molar-refractivity contribution in [2.24, 2.45) is 5.73 Å². The molecule has 0 unspecified atom stereocenters. The molecular formula is C8H10N4S. The van der Waals surface area contributed by atoms with Gasteiger partial charge in [-0.2, -0.15) is 0 Å². The summed E-state index contributed by atoms with van der Waals surface area (Å²) in [5.74, 6) is 0.842. The van der Waals surface area contributed by atoms with Gasteiger partial charge in [0.15, 0.2) is 5.13 Å². The molecule has 0 saturated heterocycles. The van der Waals surface area contributed by atoms with Crippen molar-refractivity contribution < 1.29 is 0 Å². The zero-order valence-corrected chi connectivity index (χ0v) is 8.08. The average molecular weight is 194 g/mol. The highest BCUT2D eigenvalue weighted by molar-refractivity contribution is 7.12. The zero-order chi connectivity index (χ0) is 9.26. The van der Waals surface area contributed by atoms with E-state index in [1.807, 2.05) is 23.1 Å². The minimum atomic E-state index is 0.436. The largest absolute Gasteiger partial charge is 0.324 e. The Morgan fingerprint density at radius 2 is 2.46 bits per heavy atom. The number of aromatic nitrogens is 3. The van der Waals surface area contributed by atoms with Gasteiger partial charge in [0.05, 0.1) is 12.2 Å². The van der Waals surface area contributed by atoms with Crippen molar-refractivity contribution in [1.82, 2.24) is 14.5 Å². The second-order valence-corrected chi connectivity index (χ2v) is 3.53.